The van der Waals surface area contributed by atoms with E-state index in [1.54, 1.807) is 18.2 Å². The number of nitrogens with one attached hydrogen (secondary N) is 1. The zero-order valence-electron chi connectivity index (χ0n) is 14.8. The number of carbonyl (C=O) groups is 1. The van der Waals surface area contributed by atoms with E-state index in [2.05, 4.69) is 24.4 Å². The Balaban J connectivity index is 1.80. The summed E-state index contributed by atoms with van der Waals surface area (Å²) in [5, 5.41) is 4.87. The van der Waals surface area contributed by atoms with E-state index in [4.69, 9.17) is 27.9 Å². The third kappa shape index (κ3) is 6.36. The Hall–Kier alpha value is -2.04. The van der Waals surface area contributed by atoms with Crippen LogP contribution in [-0.2, 0) is 4.79 Å². The molecule has 1 amide bonds. The van der Waals surface area contributed by atoms with Gasteiger partial charge in [0.05, 0.1) is 11.2 Å². The number of hydrogen-bond donors (Lipinski definition) is 1. The van der Waals surface area contributed by atoms with Crippen LogP contribution in [0.15, 0.2) is 47.6 Å². The first-order valence-electron chi connectivity index (χ1n) is 8.49. The molecule has 1 atom stereocenters. The molecule has 0 unspecified atom stereocenters. The molecule has 0 radical (unpaired) electrons. The standard InChI is InChI=1S/C20H22Cl2N2O2/c1-3-4-14(2)15-6-9-18(10-7-15)26-13-20(25)24-23-12-16-5-8-17(21)11-19(16)22/h5-12,14H,3-4,13H2,1-2H3,(H,24,25)/b23-12-/t14-/m0/s1. The van der Waals surface area contributed by atoms with Crippen molar-refractivity contribution in [2.24, 2.45) is 5.10 Å². The lowest BCUT2D eigenvalue weighted by Crippen LogP contribution is -2.24. The van der Waals surface area contributed by atoms with Gasteiger partial charge in [-0.2, -0.15) is 5.10 Å². The van der Waals surface area contributed by atoms with E-state index in [1.807, 2.05) is 24.3 Å². The van der Waals surface area contributed by atoms with Crippen LogP contribution in [0, 0.1) is 0 Å². The van der Waals surface area contributed by atoms with E-state index in [-0.39, 0.29) is 12.5 Å². The van der Waals surface area contributed by atoms with Gasteiger partial charge in [0.15, 0.2) is 6.61 Å². The van der Waals surface area contributed by atoms with Crippen LogP contribution in [-0.4, -0.2) is 18.7 Å². The third-order valence-corrected chi connectivity index (χ3v) is 4.46. The maximum absolute atomic E-state index is 11.8. The zero-order valence-corrected chi connectivity index (χ0v) is 16.3. The molecule has 26 heavy (non-hydrogen) atoms. The molecule has 0 aromatic heterocycles. The highest BCUT2D eigenvalue weighted by atomic mass is 35.5. The van der Waals surface area contributed by atoms with Crippen molar-refractivity contribution in [2.45, 2.75) is 32.6 Å². The molecule has 6 heteroatoms. The number of ether oxygens (including phenoxy) is 1. The van der Waals surface area contributed by atoms with Crippen molar-refractivity contribution in [3.63, 3.8) is 0 Å². The van der Waals surface area contributed by atoms with Crippen molar-refractivity contribution in [1.82, 2.24) is 5.43 Å². The molecule has 1 N–H and O–H groups in total. The van der Waals surface area contributed by atoms with Gasteiger partial charge in [-0.3, -0.25) is 4.79 Å². The third-order valence-electron chi connectivity index (χ3n) is 3.90. The predicted octanol–water partition coefficient (Wildman–Crippen LogP) is 5.43. The number of amides is 1. The van der Waals surface area contributed by atoms with Crippen LogP contribution >= 0.6 is 23.2 Å². The molecule has 0 saturated heterocycles. The minimum atomic E-state index is -0.352. The largest absolute Gasteiger partial charge is 0.484 e. The molecule has 0 heterocycles. The first kappa shape index (κ1) is 20.3. The number of rotatable bonds is 8. The Morgan fingerprint density at radius 1 is 1.23 bits per heavy atom. The molecule has 0 aliphatic rings. The van der Waals surface area contributed by atoms with Crippen LogP contribution in [0.25, 0.3) is 0 Å². The molecule has 0 aliphatic heterocycles. The summed E-state index contributed by atoms with van der Waals surface area (Å²) in [6.07, 6.45) is 3.76. The van der Waals surface area contributed by atoms with Crippen LogP contribution in [0.1, 0.15) is 43.7 Å². The van der Waals surface area contributed by atoms with E-state index in [0.29, 0.717) is 27.3 Å². The minimum absolute atomic E-state index is 0.116. The van der Waals surface area contributed by atoms with E-state index in [0.717, 1.165) is 12.8 Å². The van der Waals surface area contributed by atoms with Gasteiger partial charge < -0.3 is 4.74 Å². The van der Waals surface area contributed by atoms with Crippen molar-refractivity contribution >= 4 is 35.3 Å². The van der Waals surface area contributed by atoms with E-state index in [1.165, 1.54) is 11.8 Å². The van der Waals surface area contributed by atoms with Gasteiger partial charge in [0.2, 0.25) is 0 Å². The van der Waals surface area contributed by atoms with E-state index < -0.39 is 0 Å². The molecule has 2 aromatic carbocycles. The predicted molar refractivity (Wildman–Crippen MR) is 107 cm³/mol. The van der Waals surface area contributed by atoms with Crippen molar-refractivity contribution < 1.29 is 9.53 Å². The number of hydrogen-bond acceptors (Lipinski definition) is 3. The second kappa shape index (κ2) is 10.2. The molecule has 0 aliphatic carbocycles. The Bertz CT molecular complexity index is 761. The Morgan fingerprint density at radius 3 is 2.62 bits per heavy atom. The van der Waals surface area contributed by atoms with E-state index >= 15 is 0 Å². The van der Waals surface area contributed by atoms with Crippen LogP contribution in [0.3, 0.4) is 0 Å². The molecule has 0 bridgehead atoms. The van der Waals surface area contributed by atoms with Crippen LogP contribution < -0.4 is 10.2 Å². The number of nitrogens with zero attached hydrogens (tertiary/aromatic N) is 1. The van der Waals surface area contributed by atoms with Gasteiger partial charge in [-0.25, -0.2) is 5.43 Å². The molecular formula is C20H22Cl2N2O2. The second-order valence-electron chi connectivity index (χ2n) is 6.01. The highest BCUT2D eigenvalue weighted by Gasteiger charge is 2.06. The normalized spacial score (nSPS) is 12.2. The van der Waals surface area contributed by atoms with Crippen LogP contribution in [0.5, 0.6) is 5.75 Å². The fraction of sp³-hybridized carbons (Fsp3) is 0.300. The number of benzene rings is 2. The smallest absolute Gasteiger partial charge is 0.277 e. The molecule has 4 nitrogen and oxygen atoms in total. The molecular weight excluding hydrogens is 371 g/mol. The Labute approximate surface area is 164 Å². The Kier molecular flexibility index (Phi) is 7.95. The maximum Gasteiger partial charge on any atom is 0.277 e. The van der Waals surface area contributed by atoms with Crippen LogP contribution in [0.2, 0.25) is 10.0 Å². The van der Waals surface area contributed by atoms with Crippen molar-refractivity contribution in [3.8, 4) is 5.75 Å². The second-order valence-corrected chi connectivity index (χ2v) is 6.85. The topological polar surface area (TPSA) is 50.7 Å². The van der Waals surface area contributed by atoms with Crippen molar-refractivity contribution in [1.29, 1.82) is 0 Å². The van der Waals surface area contributed by atoms with Gasteiger partial charge >= 0.3 is 0 Å². The summed E-state index contributed by atoms with van der Waals surface area (Å²) in [5.74, 6) is 0.818. The zero-order chi connectivity index (χ0) is 18.9. The maximum atomic E-state index is 11.8. The van der Waals surface area contributed by atoms with Gasteiger partial charge in [-0.05, 0) is 42.2 Å². The fourth-order valence-electron chi connectivity index (χ4n) is 2.45. The lowest BCUT2D eigenvalue weighted by atomic mass is 9.97. The number of halogens is 2. The molecule has 138 valence electrons. The number of hydrazone groups is 1. The summed E-state index contributed by atoms with van der Waals surface area (Å²) in [7, 11) is 0. The monoisotopic (exact) mass is 392 g/mol. The SMILES string of the molecule is CCC[C@H](C)c1ccc(OCC(=O)N/N=C\c2ccc(Cl)cc2Cl)cc1. The number of carbonyl (C=O) groups excluding carboxylic acids is 1. The van der Waals surface area contributed by atoms with Gasteiger partial charge in [0.25, 0.3) is 5.91 Å². The average Bonchev–Trinajstić information content (AvgIpc) is 2.62. The van der Waals surface area contributed by atoms with Gasteiger partial charge in [-0.1, -0.05) is 61.7 Å². The summed E-state index contributed by atoms with van der Waals surface area (Å²) < 4.78 is 5.48. The fourth-order valence-corrected chi connectivity index (χ4v) is 2.91. The quantitative estimate of drug-likeness (QED) is 0.481. The van der Waals surface area contributed by atoms with E-state index in [9.17, 15) is 4.79 Å². The molecule has 2 rings (SSSR count). The lowest BCUT2D eigenvalue weighted by molar-refractivity contribution is -0.123. The summed E-state index contributed by atoms with van der Waals surface area (Å²) in [5.41, 5.74) is 4.34. The van der Waals surface area contributed by atoms with Gasteiger partial charge in [0.1, 0.15) is 5.75 Å². The van der Waals surface area contributed by atoms with Crippen molar-refractivity contribution in [2.75, 3.05) is 6.61 Å². The summed E-state index contributed by atoms with van der Waals surface area (Å²) in [6, 6.07) is 12.9. The molecule has 0 saturated carbocycles. The van der Waals surface area contributed by atoms with Gasteiger partial charge in [-0.15, -0.1) is 0 Å². The molecule has 2 aromatic rings. The minimum Gasteiger partial charge on any atom is -0.484 e. The van der Waals surface area contributed by atoms with Crippen LogP contribution in [0.4, 0.5) is 0 Å². The lowest BCUT2D eigenvalue weighted by Gasteiger charge is -2.11. The summed E-state index contributed by atoms with van der Waals surface area (Å²) in [6.45, 7) is 4.27. The highest BCUT2D eigenvalue weighted by molar-refractivity contribution is 6.36. The molecule has 0 spiro atoms. The Morgan fingerprint density at radius 2 is 1.96 bits per heavy atom. The first-order chi connectivity index (χ1) is 12.5. The molecule has 0 fully saturated rings. The summed E-state index contributed by atoms with van der Waals surface area (Å²) in [4.78, 5) is 11.8. The van der Waals surface area contributed by atoms with Gasteiger partial charge in [0, 0.05) is 10.6 Å². The first-order valence-corrected chi connectivity index (χ1v) is 9.25. The van der Waals surface area contributed by atoms with Crippen molar-refractivity contribution in [3.05, 3.63) is 63.6 Å². The summed E-state index contributed by atoms with van der Waals surface area (Å²) >= 11 is 11.9. The highest BCUT2D eigenvalue weighted by Crippen LogP contribution is 2.23. The average molecular weight is 393 g/mol.